The molecule has 0 aliphatic carbocycles. The van der Waals surface area contributed by atoms with Gasteiger partial charge in [-0.1, -0.05) is 13.3 Å². The Bertz CT molecular complexity index is 1160. The minimum atomic E-state index is -3.98. The highest BCUT2D eigenvalue weighted by atomic mass is 32.2. The van der Waals surface area contributed by atoms with Gasteiger partial charge in [-0.05, 0) is 44.2 Å². The minimum absolute atomic E-state index is 0.0311. The number of fused-ring (bicyclic) bond motifs is 1. The molecule has 0 saturated carbocycles. The van der Waals surface area contributed by atoms with Crippen molar-refractivity contribution in [3.05, 3.63) is 29.8 Å². The van der Waals surface area contributed by atoms with Gasteiger partial charge in [-0.25, -0.2) is 21.1 Å². The topological polar surface area (TPSA) is 115 Å². The Morgan fingerprint density at radius 3 is 2.18 bits per heavy atom. The molecule has 12 heteroatoms. The van der Waals surface area contributed by atoms with Gasteiger partial charge in [0.25, 0.3) is 5.91 Å². The average Bonchev–Trinajstić information content (AvgIpc) is 3.32. The monoisotopic (exact) mass is 512 g/mol. The fraction of sp³-hybridized carbons (Fsp3) is 0.636. The van der Waals surface area contributed by atoms with Crippen LogP contribution in [0.2, 0.25) is 0 Å². The summed E-state index contributed by atoms with van der Waals surface area (Å²) >= 11 is 0. The van der Waals surface area contributed by atoms with Crippen LogP contribution in [0.15, 0.2) is 29.2 Å². The highest BCUT2D eigenvalue weighted by Crippen LogP contribution is 2.42. The van der Waals surface area contributed by atoms with Crippen LogP contribution in [0.1, 0.15) is 36.5 Å². The lowest BCUT2D eigenvalue weighted by atomic mass is 9.95. The first kappa shape index (κ1) is 25.1. The average molecular weight is 513 g/mol. The molecular weight excluding hydrogens is 480 g/mol. The Kier molecular flexibility index (Phi) is 6.80. The molecular formula is C22H32N4O6S2. The van der Waals surface area contributed by atoms with Crippen molar-refractivity contribution in [3.63, 3.8) is 0 Å². The van der Waals surface area contributed by atoms with E-state index in [2.05, 4.69) is 4.90 Å². The summed E-state index contributed by atoms with van der Waals surface area (Å²) in [4.78, 5) is 29.7. The van der Waals surface area contributed by atoms with Crippen molar-refractivity contribution < 1.29 is 26.4 Å². The van der Waals surface area contributed by atoms with Crippen molar-refractivity contribution in [3.8, 4) is 0 Å². The van der Waals surface area contributed by atoms with Gasteiger partial charge in [0.1, 0.15) is 0 Å². The molecule has 3 atom stereocenters. The second-order valence-corrected chi connectivity index (χ2v) is 13.1. The first-order chi connectivity index (χ1) is 16.0. The fourth-order valence-corrected chi connectivity index (χ4v) is 8.25. The van der Waals surface area contributed by atoms with Crippen LogP contribution in [-0.4, -0.2) is 105 Å². The van der Waals surface area contributed by atoms with Gasteiger partial charge in [-0.2, -0.15) is 4.31 Å². The summed E-state index contributed by atoms with van der Waals surface area (Å²) in [5.41, 5.74) is 0.422. The van der Waals surface area contributed by atoms with Crippen LogP contribution in [0.25, 0.3) is 0 Å². The first-order valence-electron chi connectivity index (χ1n) is 11.6. The first-order valence-corrected chi connectivity index (χ1v) is 14.9. The van der Waals surface area contributed by atoms with Crippen molar-refractivity contribution in [1.82, 2.24) is 18.4 Å². The lowest BCUT2D eigenvalue weighted by Gasteiger charge is -2.32. The van der Waals surface area contributed by atoms with Gasteiger partial charge in [0.2, 0.25) is 26.0 Å². The number of carbonyl (C=O) groups is 2. The zero-order valence-electron chi connectivity index (χ0n) is 19.8. The largest absolute Gasteiger partial charge is 0.336 e. The number of rotatable bonds is 6. The Labute approximate surface area is 201 Å². The number of amides is 2. The molecule has 0 aromatic heterocycles. The zero-order valence-corrected chi connectivity index (χ0v) is 21.4. The van der Waals surface area contributed by atoms with Crippen LogP contribution >= 0.6 is 0 Å². The summed E-state index contributed by atoms with van der Waals surface area (Å²) < 4.78 is 53.9. The van der Waals surface area contributed by atoms with Crippen LogP contribution in [0.4, 0.5) is 0 Å². The SMILES string of the molecule is CCC[C@H]1C(=O)N(S(C)(=O)=O)[C@H]2CCN(S(=O)(=O)c3ccc(C(=O)N4CCN(C)CC4)cc3)[C@H]12. The molecule has 34 heavy (non-hydrogen) atoms. The predicted octanol–water partition coefficient (Wildman–Crippen LogP) is 0.424. The van der Waals surface area contributed by atoms with Gasteiger partial charge in [0.15, 0.2) is 0 Å². The lowest BCUT2D eigenvalue weighted by molar-refractivity contribution is -0.128. The van der Waals surface area contributed by atoms with Gasteiger partial charge in [-0.15, -0.1) is 0 Å². The molecule has 0 unspecified atom stereocenters. The summed E-state index contributed by atoms with van der Waals surface area (Å²) in [5, 5.41) is 0. The smallest absolute Gasteiger partial charge is 0.253 e. The second-order valence-electron chi connectivity index (χ2n) is 9.37. The Morgan fingerprint density at radius 2 is 1.62 bits per heavy atom. The van der Waals surface area contributed by atoms with Crippen LogP contribution in [0, 0.1) is 5.92 Å². The molecule has 0 spiro atoms. The lowest BCUT2D eigenvalue weighted by Crippen LogP contribution is -2.47. The van der Waals surface area contributed by atoms with Crippen LogP contribution in [-0.2, 0) is 24.8 Å². The molecule has 1 aromatic carbocycles. The zero-order chi connectivity index (χ0) is 24.8. The number of likely N-dealkylation sites (N-methyl/N-ethyl adjacent to an activating group) is 1. The highest BCUT2D eigenvalue weighted by molar-refractivity contribution is 7.89. The number of benzene rings is 1. The molecule has 0 bridgehead atoms. The van der Waals surface area contributed by atoms with E-state index in [4.69, 9.17) is 0 Å². The number of hydrogen-bond donors (Lipinski definition) is 0. The standard InChI is InChI=1S/C22H32N4O6S2/c1-4-5-18-20-19(26(22(18)28)33(3,29)30)10-11-25(20)34(31,32)17-8-6-16(7-9-17)21(27)24-14-12-23(2)13-15-24/h6-9,18-20H,4-5,10-15H2,1-3H3/t18-,19+,20-/m1/s1. The van der Waals surface area contributed by atoms with Gasteiger partial charge >= 0.3 is 0 Å². The Hall–Kier alpha value is -2.02. The van der Waals surface area contributed by atoms with E-state index < -0.39 is 44.0 Å². The molecule has 0 N–H and O–H groups in total. The van der Waals surface area contributed by atoms with Crippen molar-refractivity contribution in [1.29, 1.82) is 0 Å². The molecule has 3 aliphatic rings. The third-order valence-electron chi connectivity index (χ3n) is 7.08. The summed E-state index contributed by atoms with van der Waals surface area (Å²) in [6.07, 6.45) is 2.30. The van der Waals surface area contributed by atoms with Crippen molar-refractivity contribution in [2.45, 2.75) is 43.2 Å². The molecule has 0 radical (unpaired) electrons. The molecule has 3 saturated heterocycles. The molecule has 188 valence electrons. The fourth-order valence-electron chi connectivity index (χ4n) is 5.36. The van der Waals surface area contributed by atoms with Crippen molar-refractivity contribution >= 4 is 31.9 Å². The van der Waals surface area contributed by atoms with E-state index in [1.807, 2.05) is 14.0 Å². The maximum Gasteiger partial charge on any atom is 0.253 e. The minimum Gasteiger partial charge on any atom is -0.336 e. The van der Waals surface area contributed by atoms with Crippen molar-refractivity contribution in [2.24, 2.45) is 5.92 Å². The molecule has 10 nitrogen and oxygen atoms in total. The number of piperazine rings is 1. The third-order valence-corrected chi connectivity index (χ3v) is 10.2. The number of hydrogen-bond acceptors (Lipinski definition) is 7. The van der Waals surface area contributed by atoms with Gasteiger partial charge in [0.05, 0.1) is 29.2 Å². The Morgan fingerprint density at radius 1 is 1.00 bits per heavy atom. The van der Waals surface area contributed by atoms with Crippen LogP contribution < -0.4 is 0 Å². The summed E-state index contributed by atoms with van der Waals surface area (Å²) in [5.74, 6) is -1.35. The van der Waals surface area contributed by atoms with Crippen LogP contribution in [0.5, 0.6) is 0 Å². The molecule has 1 aromatic rings. The maximum atomic E-state index is 13.6. The predicted molar refractivity (Wildman–Crippen MR) is 126 cm³/mol. The van der Waals surface area contributed by atoms with E-state index in [9.17, 15) is 26.4 Å². The van der Waals surface area contributed by atoms with E-state index in [1.54, 1.807) is 4.90 Å². The van der Waals surface area contributed by atoms with E-state index >= 15 is 0 Å². The summed E-state index contributed by atoms with van der Waals surface area (Å²) in [7, 11) is -5.78. The highest BCUT2D eigenvalue weighted by Gasteiger charge is 2.58. The van der Waals surface area contributed by atoms with Crippen molar-refractivity contribution in [2.75, 3.05) is 46.0 Å². The maximum absolute atomic E-state index is 13.6. The quantitative estimate of drug-likeness (QED) is 0.543. The molecule has 4 rings (SSSR count). The second kappa shape index (κ2) is 9.21. The summed E-state index contributed by atoms with van der Waals surface area (Å²) in [6.45, 7) is 4.84. The normalized spacial score (nSPS) is 26.8. The molecule has 3 aliphatic heterocycles. The molecule has 2 amide bonds. The third kappa shape index (κ3) is 4.36. The van der Waals surface area contributed by atoms with Gasteiger partial charge in [0, 0.05) is 38.3 Å². The van der Waals surface area contributed by atoms with Crippen LogP contribution in [0.3, 0.4) is 0 Å². The molecule has 3 fully saturated rings. The number of nitrogens with zero attached hydrogens (tertiary/aromatic N) is 4. The van der Waals surface area contributed by atoms with Gasteiger partial charge < -0.3 is 9.80 Å². The van der Waals surface area contributed by atoms with E-state index in [0.29, 0.717) is 31.5 Å². The molecule has 3 heterocycles. The Balaban J connectivity index is 1.58. The van der Waals surface area contributed by atoms with E-state index in [1.165, 1.54) is 28.6 Å². The number of sulfonamides is 2. The summed E-state index contributed by atoms with van der Waals surface area (Å²) in [6, 6.07) is 4.48. The van der Waals surface area contributed by atoms with E-state index in [0.717, 1.165) is 23.7 Å². The van der Waals surface area contributed by atoms with Gasteiger partial charge in [-0.3, -0.25) is 9.59 Å². The van der Waals surface area contributed by atoms with E-state index in [-0.39, 0.29) is 23.8 Å². The number of carbonyl (C=O) groups excluding carboxylic acids is 2.